The van der Waals surface area contributed by atoms with Crippen LogP contribution in [0.2, 0.25) is 0 Å². The van der Waals surface area contributed by atoms with Crippen molar-refractivity contribution in [3.05, 3.63) is 18.2 Å². The van der Waals surface area contributed by atoms with Crippen molar-refractivity contribution in [2.24, 2.45) is 5.92 Å². The van der Waals surface area contributed by atoms with Crippen LogP contribution in [0, 0.1) is 5.92 Å². The first-order chi connectivity index (χ1) is 10.7. The summed E-state index contributed by atoms with van der Waals surface area (Å²) in [6, 6.07) is 5.35. The smallest absolute Gasteiger partial charge is 0.414 e. The van der Waals surface area contributed by atoms with E-state index in [2.05, 4.69) is 10.6 Å². The van der Waals surface area contributed by atoms with E-state index in [-0.39, 0.29) is 24.7 Å². The van der Waals surface area contributed by atoms with Crippen LogP contribution in [0.4, 0.5) is 16.2 Å². The fraction of sp³-hybridized carbons (Fsp3) is 0.467. The number of nitrogens with one attached hydrogen (secondary N) is 2. The number of hydrogen-bond acceptors (Lipinski definition) is 5. The fourth-order valence-electron chi connectivity index (χ4n) is 3.18. The SMILES string of the molecule is O=C1COc2ccc(N3C[C@H]4CCNC[C@@H]4OC3=O)cc2N1. The van der Waals surface area contributed by atoms with E-state index >= 15 is 0 Å². The molecule has 4 rings (SSSR count). The first kappa shape index (κ1) is 13.4. The first-order valence-electron chi connectivity index (χ1n) is 7.46. The van der Waals surface area contributed by atoms with Crippen LogP contribution in [-0.4, -0.2) is 44.3 Å². The van der Waals surface area contributed by atoms with Crippen LogP contribution in [0.3, 0.4) is 0 Å². The van der Waals surface area contributed by atoms with Gasteiger partial charge in [0, 0.05) is 24.7 Å². The molecule has 0 saturated carbocycles. The van der Waals surface area contributed by atoms with Gasteiger partial charge in [0.25, 0.3) is 5.91 Å². The Labute approximate surface area is 127 Å². The molecule has 2 amide bonds. The van der Waals surface area contributed by atoms with Crippen molar-refractivity contribution in [2.75, 3.05) is 36.5 Å². The standard InChI is InChI=1S/C15H17N3O4/c19-14-8-21-12-2-1-10(5-11(12)17-14)18-7-9-3-4-16-6-13(9)22-15(18)20/h1-2,5,9,13,16H,3-4,6-8H2,(H,17,19)/t9-,13+/m1/s1. The number of carbonyl (C=O) groups excluding carboxylic acids is 2. The highest BCUT2D eigenvalue weighted by molar-refractivity contribution is 5.97. The van der Waals surface area contributed by atoms with Gasteiger partial charge in [-0.15, -0.1) is 0 Å². The summed E-state index contributed by atoms with van der Waals surface area (Å²) in [6.45, 7) is 2.33. The van der Waals surface area contributed by atoms with E-state index in [1.807, 2.05) is 6.07 Å². The Bertz CT molecular complexity index is 633. The number of nitrogens with zero attached hydrogens (tertiary/aromatic N) is 1. The summed E-state index contributed by atoms with van der Waals surface area (Å²) in [5, 5.41) is 6.00. The first-order valence-corrected chi connectivity index (χ1v) is 7.46. The van der Waals surface area contributed by atoms with Crippen LogP contribution in [0.25, 0.3) is 0 Å². The van der Waals surface area contributed by atoms with Crippen molar-refractivity contribution in [1.82, 2.24) is 5.32 Å². The largest absolute Gasteiger partial charge is 0.482 e. The molecule has 0 bridgehead atoms. The van der Waals surface area contributed by atoms with Gasteiger partial charge in [0.2, 0.25) is 0 Å². The van der Waals surface area contributed by atoms with E-state index < -0.39 is 0 Å². The van der Waals surface area contributed by atoms with Gasteiger partial charge in [0.05, 0.1) is 5.69 Å². The summed E-state index contributed by atoms with van der Waals surface area (Å²) in [5.74, 6) is 0.763. The molecule has 3 aliphatic rings. The molecular weight excluding hydrogens is 286 g/mol. The maximum absolute atomic E-state index is 12.2. The summed E-state index contributed by atoms with van der Waals surface area (Å²) in [6.07, 6.45) is 0.602. The molecule has 3 aliphatic heterocycles. The number of rotatable bonds is 1. The highest BCUT2D eigenvalue weighted by Gasteiger charge is 2.37. The molecule has 2 N–H and O–H groups in total. The maximum Gasteiger partial charge on any atom is 0.414 e. The molecule has 0 aliphatic carbocycles. The summed E-state index contributed by atoms with van der Waals surface area (Å²) in [5.41, 5.74) is 1.31. The minimum atomic E-state index is -0.340. The number of ether oxygens (including phenoxy) is 2. The minimum Gasteiger partial charge on any atom is -0.482 e. The second-order valence-corrected chi connectivity index (χ2v) is 5.80. The monoisotopic (exact) mass is 303 g/mol. The van der Waals surface area contributed by atoms with Crippen LogP contribution < -0.4 is 20.3 Å². The molecule has 2 atom stereocenters. The molecule has 7 nitrogen and oxygen atoms in total. The third-order valence-electron chi connectivity index (χ3n) is 4.36. The number of anilines is 2. The molecule has 22 heavy (non-hydrogen) atoms. The van der Waals surface area contributed by atoms with Crippen LogP contribution in [-0.2, 0) is 9.53 Å². The van der Waals surface area contributed by atoms with E-state index in [1.54, 1.807) is 17.0 Å². The molecule has 1 aromatic rings. The Morgan fingerprint density at radius 1 is 1.27 bits per heavy atom. The number of amides is 2. The van der Waals surface area contributed by atoms with Crippen molar-refractivity contribution < 1.29 is 19.1 Å². The Morgan fingerprint density at radius 2 is 2.18 bits per heavy atom. The number of carbonyl (C=O) groups is 2. The van der Waals surface area contributed by atoms with Crippen molar-refractivity contribution in [1.29, 1.82) is 0 Å². The highest BCUT2D eigenvalue weighted by atomic mass is 16.6. The quantitative estimate of drug-likeness (QED) is 0.807. The van der Waals surface area contributed by atoms with E-state index in [1.165, 1.54) is 0 Å². The molecule has 3 heterocycles. The van der Waals surface area contributed by atoms with Gasteiger partial charge >= 0.3 is 6.09 Å². The molecular formula is C15H17N3O4. The summed E-state index contributed by atoms with van der Waals surface area (Å²) in [7, 11) is 0. The van der Waals surface area contributed by atoms with Gasteiger partial charge in [-0.05, 0) is 31.2 Å². The number of fused-ring (bicyclic) bond motifs is 2. The number of benzene rings is 1. The summed E-state index contributed by atoms with van der Waals surface area (Å²) >= 11 is 0. The second-order valence-electron chi connectivity index (χ2n) is 5.80. The van der Waals surface area contributed by atoms with E-state index in [9.17, 15) is 9.59 Å². The second kappa shape index (κ2) is 5.17. The molecule has 2 fully saturated rings. The van der Waals surface area contributed by atoms with Gasteiger partial charge in [-0.1, -0.05) is 0 Å². The zero-order valence-electron chi connectivity index (χ0n) is 12.0. The average Bonchev–Trinajstić information content (AvgIpc) is 2.53. The summed E-state index contributed by atoms with van der Waals surface area (Å²) < 4.78 is 10.9. The maximum atomic E-state index is 12.2. The Balaban J connectivity index is 1.60. The molecule has 0 aromatic heterocycles. The lowest BCUT2D eigenvalue weighted by molar-refractivity contribution is -0.118. The Hall–Kier alpha value is -2.28. The van der Waals surface area contributed by atoms with Gasteiger partial charge in [-0.3, -0.25) is 9.69 Å². The van der Waals surface area contributed by atoms with Crippen molar-refractivity contribution in [3.8, 4) is 5.75 Å². The van der Waals surface area contributed by atoms with Gasteiger partial charge in [-0.2, -0.15) is 0 Å². The topological polar surface area (TPSA) is 79.9 Å². The van der Waals surface area contributed by atoms with E-state index in [4.69, 9.17) is 9.47 Å². The predicted molar refractivity (Wildman–Crippen MR) is 79.2 cm³/mol. The van der Waals surface area contributed by atoms with Crippen LogP contribution in [0.5, 0.6) is 5.75 Å². The molecule has 0 unspecified atom stereocenters. The Morgan fingerprint density at radius 3 is 3.09 bits per heavy atom. The third-order valence-corrected chi connectivity index (χ3v) is 4.36. The van der Waals surface area contributed by atoms with Crippen LogP contribution >= 0.6 is 0 Å². The number of hydrogen-bond donors (Lipinski definition) is 2. The molecule has 0 spiro atoms. The zero-order valence-corrected chi connectivity index (χ0v) is 12.0. The molecule has 0 radical (unpaired) electrons. The minimum absolute atomic E-state index is 0.0227. The molecule has 116 valence electrons. The predicted octanol–water partition coefficient (Wildman–Crippen LogP) is 0.952. The Kier molecular flexibility index (Phi) is 3.15. The van der Waals surface area contributed by atoms with E-state index in [0.29, 0.717) is 29.6 Å². The molecule has 7 heteroatoms. The van der Waals surface area contributed by atoms with Crippen LogP contribution in [0.15, 0.2) is 18.2 Å². The third kappa shape index (κ3) is 2.27. The highest BCUT2D eigenvalue weighted by Crippen LogP contribution is 2.34. The van der Waals surface area contributed by atoms with Gasteiger partial charge < -0.3 is 20.1 Å². The normalized spacial score (nSPS) is 27.2. The summed E-state index contributed by atoms with van der Waals surface area (Å²) in [4.78, 5) is 25.3. The zero-order chi connectivity index (χ0) is 15.1. The average molecular weight is 303 g/mol. The van der Waals surface area contributed by atoms with Crippen molar-refractivity contribution >= 4 is 23.4 Å². The van der Waals surface area contributed by atoms with Crippen LogP contribution in [0.1, 0.15) is 6.42 Å². The van der Waals surface area contributed by atoms with Crippen molar-refractivity contribution in [3.63, 3.8) is 0 Å². The molecule has 2 saturated heterocycles. The lowest BCUT2D eigenvalue weighted by atomic mass is 9.93. The van der Waals surface area contributed by atoms with Gasteiger partial charge in [0.15, 0.2) is 6.61 Å². The fourth-order valence-corrected chi connectivity index (χ4v) is 3.18. The lowest BCUT2D eigenvalue weighted by Crippen LogP contribution is -2.54. The molecule has 1 aromatic carbocycles. The number of piperidine rings is 1. The lowest BCUT2D eigenvalue weighted by Gasteiger charge is -2.40. The van der Waals surface area contributed by atoms with Gasteiger partial charge in [0.1, 0.15) is 11.9 Å². The van der Waals surface area contributed by atoms with Crippen molar-refractivity contribution in [2.45, 2.75) is 12.5 Å². The van der Waals surface area contributed by atoms with E-state index in [0.717, 1.165) is 19.5 Å². The van der Waals surface area contributed by atoms with Gasteiger partial charge in [-0.25, -0.2) is 4.79 Å².